The topological polar surface area (TPSA) is 124 Å². The second-order valence-electron chi connectivity index (χ2n) is 12.4. The van der Waals surface area contributed by atoms with Gasteiger partial charge in [0.15, 0.2) is 0 Å². The first-order valence-electron chi connectivity index (χ1n) is 15.2. The fourth-order valence-electron chi connectivity index (χ4n) is 5.66. The minimum Gasteiger partial charge on any atom is -0.459 e. The molecule has 9 nitrogen and oxygen atoms in total. The van der Waals surface area contributed by atoms with E-state index in [0.717, 1.165) is 59.4 Å². The van der Waals surface area contributed by atoms with Crippen molar-refractivity contribution in [3.63, 3.8) is 0 Å². The van der Waals surface area contributed by atoms with Crippen LogP contribution in [0.15, 0.2) is 18.3 Å². The van der Waals surface area contributed by atoms with E-state index in [1.54, 1.807) is 27.7 Å². The largest absolute Gasteiger partial charge is 0.459 e. The molecule has 2 aliphatic carbocycles. The summed E-state index contributed by atoms with van der Waals surface area (Å²) in [6.07, 6.45) is 5.93. The molecule has 5 rings (SSSR count). The SMILES string of the molecule is CC1CCc2c(sc(NC(=O)c3ccc(C(=O)Nc4sc5c(c4C(=O)OC(C)C)CCC(C)C5)nc3)c2C(=O)OC(C)C)C1. The molecule has 2 atom stereocenters. The van der Waals surface area contributed by atoms with Gasteiger partial charge in [0.2, 0.25) is 0 Å². The number of hydrogen-bond donors (Lipinski definition) is 2. The minimum atomic E-state index is -0.485. The van der Waals surface area contributed by atoms with E-state index in [0.29, 0.717) is 33.0 Å². The van der Waals surface area contributed by atoms with Crippen molar-refractivity contribution < 1.29 is 28.7 Å². The highest BCUT2D eigenvalue weighted by Gasteiger charge is 2.31. The van der Waals surface area contributed by atoms with Crippen LogP contribution in [0, 0.1) is 11.8 Å². The normalized spacial score (nSPS) is 17.5. The second-order valence-corrected chi connectivity index (χ2v) is 14.6. The Kier molecular flexibility index (Phi) is 9.55. The molecule has 0 bridgehead atoms. The lowest BCUT2D eigenvalue weighted by Crippen LogP contribution is -2.20. The van der Waals surface area contributed by atoms with Crippen LogP contribution in [0.2, 0.25) is 0 Å². The van der Waals surface area contributed by atoms with Gasteiger partial charge < -0.3 is 20.1 Å². The van der Waals surface area contributed by atoms with E-state index in [-0.39, 0.29) is 23.5 Å². The molecule has 2 N–H and O–H groups in total. The molecule has 0 aromatic carbocycles. The molecule has 44 heavy (non-hydrogen) atoms. The van der Waals surface area contributed by atoms with Crippen molar-refractivity contribution >= 4 is 56.4 Å². The molecule has 2 aliphatic rings. The van der Waals surface area contributed by atoms with Crippen molar-refractivity contribution in [2.24, 2.45) is 11.8 Å². The number of hydrogen-bond acceptors (Lipinski definition) is 9. The third kappa shape index (κ3) is 6.89. The summed E-state index contributed by atoms with van der Waals surface area (Å²) in [5, 5.41) is 6.70. The van der Waals surface area contributed by atoms with Crippen molar-refractivity contribution in [1.82, 2.24) is 4.98 Å². The Morgan fingerprint density at radius 2 is 1.25 bits per heavy atom. The van der Waals surface area contributed by atoms with Crippen molar-refractivity contribution in [3.8, 4) is 0 Å². The van der Waals surface area contributed by atoms with E-state index < -0.39 is 23.8 Å². The van der Waals surface area contributed by atoms with E-state index >= 15 is 0 Å². The standard InChI is InChI=1S/C33H39N3O6S2/c1-16(2)41-32(39)26-21-10-7-18(5)13-24(21)43-30(26)35-28(37)20-9-12-23(34-15-20)29(38)36-31-27(33(40)42-17(3)4)22-11-8-19(6)14-25(22)44-31/h9,12,15-19H,7-8,10-11,13-14H2,1-6H3,(H,35,37)(H,36,38). The summed E-state index contributed by atoms with van der Waals surface area (Å²) in [7, 11) is 0. The molecule has 0 aliphatic heterocycles. The minimum absolute atomic E-state index is 0.103. The smallest absolute Gasteiger partial charge is 0.341 e. The van der Waals surface area contributed by atoms with Crippen LogP contribution in [-0.2, 0) is 35.2 Å². The van der Waals surface area contributed by atoms with Crippen molar-refractivity contribution in [3.05, 3.63) is 61.6 Å². The molecular weight excluding hydrogens is 599 g/mol. The van der Waals surface area contributed by atoms with E-state index in [4.69, 9.17) is 9.47 Å². The number of esters is 2. The Balaban J connectivity index is 1.34. The van der Waals surface area contributed by atoms with Gasteiger partial charge in [0.05, 0.1) is 28.9 Å². The van der Waals surface area contributed by atoms with Crippen molar-refractivity contribution in [2.75, 3.05) is 10.6 Å². The summed E-state index contributed by atoms with van der Waals surface area (Å²) in [6.45, 7) is 11.5. The summed E-state index contributed by atoms with van der Waals surface area (Å²) in [4.78, 5) is 59.0. The highest BCUT2D eigenvalue weighted by molar-refractivity contribution is 7.17. The van der Waals surface area contributed by atoms with Gasteiger partial charge in [0, 0.05) is 16.0 Å². The Morgan fingerprint density at radius 1 is 0.773 bits per heavy atom. The predicted molar refractivity (Wildman–Crippen MR) is 172 cm³/mol. The predicted octanol–water partition coefficient (Wildman–Crippen LogP) is 7.09. The molecule has 0 spiro atoms. The second kappa shape index (κ2) is 13.2. The summed E-state index contributed by atoms with van der Waals surface area (Å²) in [5.41, 5.74) is 3.12. The Bertz CT molecular complexity index is 1470. The van der Waals surface area contributed by atoms with Gasteiger partial charge in [0.1, 0.15) is 15.7 Å². The van der Waals surface area contributed by atoms with Gasteiger partial charge in [-0.1, -0.05) is 13.8 Å². The molecule has 3 aromatic heterocycles. The zero-order chi connectivity index (χ0) is 31.7. The van der Waals surface area contributed by atoms with Crippen molar-refractivity contribution in [1.29, 1.82) is 0 Å². The first-order valence-corrected chi connectivity index (χ1v) is 16.8. The fourth-order valence-corrected chi connectivity index (χ4v) is 8.45. The molecule has 0 saturated carbocycles. The molecular formula is C33H39N3O6S2. The molecule has 0 radical (unpaired) electrons. The van der Waals surface area contributed by atoms with Gasteiger partial charge in [-0.3, -0.25) is 14.6 Å². The fraction of sp³-hybridized carbons (Fsp3) is 0.485. The maximum Gasteiger partial charge on any atom is 0.341 e. The lowest BCUT2D eigenvalue weighted by atomic mass is 9.88. The first kappa shape index (κ1) is 31.8. The first-order chi connectivity index (χ1) is 20.9. The molecule has 0 saturated heterocycles. The molecule has 3 aromatic rings. The number of carbonyl (C=O) groups excluding carboxylic acids is 4. The Hall–Kier alpha value is -3.57. The van der Waals surface area contributed by atoms with Crippen LogP contribution in [0.4, 0.5) is 10.0 Å². The van der Waals surface area contributed by atoms with Crippen LogP contribution >= 0.6 is 22.7 Å². The molecule has 2 amide bonds. The average Bonchev–Trinajstić information content (AvgIpc) is 3.48. The van der Waals surface area contributed by atoms with Gasteiger partial charge in [-0.15, -0.1) is 22.7 Å². The van der Waals surface area contributed by atoms with E-state index in [2.05, 4.69) is 29.5 Å². The number of nitrogens with zero attached hydrogens (tertiary/aromatic N) is 1. The zero-order valence-corrected chi connectivity index (χ0v) is 27.6. The summed E-state index contributed by atoms with van der Waals surface area (Å²) >= 11 is 2.83. The maximum atomic E-state index is 13.3. The quantitative estimate of drug-likeness (QED) is 0.253. The third-order valence-corrected chi connectivity index (χ3v) is 10.2. The van der Waals surface area contributed by atoms with Crippen LogP contribution < -0.4 is 10.6 Å². The summed E-state index contributed by atoms with van der Waals surface area (Å²) in [6, 6.07) is 3.00. The van der Waals surface area contributed by atoms with Gasteiger partial charge in [-0.05, 0) is 101 Å². The van der Waals surface area contributed by atoms with Gasteiger partial charge in [-0.2, -0.15) is 0 Å². The third-order valence-electron chi connectivity index (χ3n) is 7.83. The summed E-state index contributed by atoms with van der Waals surface area (Å²) in [5.74, 6) is -0.798. The number of carbonyl (C=O) groups is 4. The van der Waals surface area contributed by atoms with Crippen LogP contribution in [0.25, 0.3) is 0 Å². The number of rotatable bonds is 8. The number of nitrogens with one attached hydrogen (secondary N) is 2. The highest BCUT2D eigenvalue weighted by Crippen LogP contribution is 2.41. The van der Waals surface area contributed by atoms with Gasteiger partial charge in [0.25, 0.3) is 11.8 Å². The summed E-state index contributed by atoms with van der Waals surface area (Å²) < 4.78 is 11.0. The lowest BCUT2D eigenvalue weighted by Gasteiger charge is -2.19. The zero-order valence-electron chi connectivity index (χ0n) is 26.0. The van der Waals surface area contributed by atoms with Crippen molar-refractivity contribution in [2.45, 2.75) is 92.3 Å². The number of thiophene rings is 2. The Labute approximate surface area is 265 Å². The van der Waals surface area contributed by atoms with Crippen LogP contribution in [0.5, 0.6) is 0 Å². The van der Waals surface area contributed by atoms with Gasteiger partial charge in [-0.25, -0.2) is 9.59 Å². The molecule has 2 unspecified atom stereocenters. The molecule has 11 heteroatoms. The average molecular weight is 638 g/mol. The number of fused-ring (bicyclic) bond motifs is 2. The molecule has 234 valence electrons. The lowest BCUT2D eigenvalue weighted by molar-refractivity contribution is 0.0367. The number of ether oxygens (including phenoxy) is 2. The van der Waals surface area contributed by atoms with E-state index in [9.17, 15) is 19.2 Å². The molecule has 3 heterocycles. The van der Waals surface area contributed by atoms with E-state index in [1.807, 2.05) is 0 Å². The number of amides is 2. The van der Waals surface area contributed by atoms with Crippen LogP contribution in [-0.4, -0.2) is 40.9 Å². The maximum absolute atomic E-state index is 13.3. The van der Waals surface area contributed by atoms with Crippen LogP contribution in [0.1, 0.15) is 117 Å². The van der Waals surface area contributed by atoms with Gasteiger partial charge >= 0.3 is 11.9 Å². The van der Waals surface area contributed by atoms with E-state index in [1.165, 1.54) is 41.0 Å². The number of aromatic nitrogens is 1. The monoisotopic (exact) mass is 637 g/mol. The number of pyridine rings is 1. The Morgan fingerprint density at radius 3 is 1.68 bits per heavy atom. The number of anilines is 2. The highest BCUT2D eigenvalue weighted by atomic mass is 32.1. The molecule has 0 fully saturated rings. The van der Waals surface area contributed by atoms with Crippen LogP contribution in [0.3, 0.4) is 0 Å².